The maximum atomic E-state index is 12.0. The molecule has 1 heterocycles. The van der Waals surface area contributed by atoms with Gasteiger partial charge in [-0.05, 0) is 0 Å². The zero-order chi connectivity index (χ0) is 15.6. The van der Waals surface area contributed by atoms with Crippen LogP contribution >= 0.6 is 0 Å². The molecule has 1 aromatic rings. The second-order valence-electron chi connectivity index (χ2n) is 4.59. The Labute approximate surface area is 122 Å². The van der Waals surface area contributed by atoms with Gasteiger partial charge >= 0.3 is 0 Å². The molecule has 7 heteroatoms. The summed E-state index contributed by atoms with van der Waals surface area (Å²) < 4.78 is 15.7. The number of β-lactam (4-membered cyclic amide) rings is 1. The monoisotopic (exact) mass is 294 g/mol. The summed E-state index contributed by atoms with van der Waals surface area (Å²) >= 11 is 0. The number of benzene rings is 1. The van der Waals surface area contributed by atoms with Crippen molar-refractivity contribution in [2.45, 2.75) is 13.0 Å². The van der Waals surface area contributed by atoms with Crippen molar-refractivity contribution in [1.82, 2.24) is 5.32 Å². The lowest BCUT2D eigenvalue weighted by Crippen LogP contribution is -2.63. The standard InChI is InChI=1S/C14H18N2O5/c1-8(17)15-10-7-16(14(10)18)9-5-11(19-2)13(21-4)12(6-9)20-3/h5-6,10H,7H2,1-4H3,(H,15,17). The molecule has 1 fully saturated rings. The summed E-state index contributed by atoms with van der Waals surface area (Å²) in [6.07, 6.45) is 0. The summed E-state index contributed by atoms with van der Waals surface area (Å²) in [5, 5.41) is 2.59. The van der Waals surface area contributed by atoms with Crippen molar-refractivity contribution in [2.75, 3.05) is 32.8 Å². The van der Waals surface area contributed by atoms with E-state index in [-0.39, 0.29) is 11.8 Å². The molecule has 0 aliphatic carbocycles. The van der Waals surface area contributed by atoms with Crippen LogP contribution in [0.4, 0.5) is 5.69 Å². The molecule has 7 nitrogen and oxygen atoms in total. The molecular formula is C14H18N2O5. The summed E-state index contributed by atoms with van der Waals surface area (Å²) in [5.74, 6) is 1.03. The van der Waals surface area contributed by atoms with E-state index in [9.17, 15) is 9.59 Å². The summed E-state index contributed by atoms with van der Waals surface area (Å²) in [4.78, 5) is 24.6. The van der Waals surface area contributed by atoms with E-state index >= 15 is 0 Å². The normalized spacial score (nSPS) is 17.0. The van der Waals surface area contributed by atoms with Crippen molar-refractivity contribution in [1.29, 1.82) is 0 Å². The van der Waals surface area contributed by atoms with Crippen LogP contribution in [0.1, 0.15) is 6.92 Å². The Morgan fingerprint density at radius 3 is 2.14 bits per heavy atom. The van der Waals surface area contributed by atoms with Crippen LogP contribution < -0.4 is 24.4 Å². The quantitative estimate of drug-likeness (QED) is 0.803. The lowest BCUT2D eigenvalue weighted by atomic mass is 10.1. The minimum atomic E-state index is -0.471. The average molecular weight is 294 g/mol. The first kappa shape index (κ1) is 15.0. The summed E-state index contributed by atoms with van der Waals surface area (Å²) in [6, 6.07) is 2.92. The highest BCUT2D eigenvalue weighted by atomic mass is 16.5. The first-order chi connectivity index (χ1) is 10.0. The smallest absolute Gasteiger partial charge is 0.251 e. The van der Waals surface area contributed by atoms with Crippen LogP contribution in [0.3, 0.4) is 0 Å². The SMILES string of the molecule is COc1cc(N2CC(NC(C)=O)C2=O)cc(OC)c1OC. The third kappa shape index (κ3) is 2.72. The van der Waals surface area contributed by atoms with Gasteiger partial charge in [-0.1, -0.05) is 0 Å². The van der Waals surface area contributed by atoms with Gasteiger partial charge in [0.25, 0.3) is 5.91 Å². The van der Waals surface area contributed by atoms with Crippen molar-refractivity contribution >= 4 is 17.5 Å². The van der Waals surface area contributed by atoms with Crippen LogP contribution in [0.5, 0.6) is 17.2 Å². The molecule has 0 aromatic heterocycles. The van der Waals surface area contributed by atoms with Gasteiger partial charge in [0.05, 0.1) is 33.6 Å². The van der Waals surface area contributed by atoms with Crippen LogP contribution in [-0.2, 0) is 9.59 Å². The van der Waals surface area contributed by atoms with E-state index in [0.29, 0.717) is 29.5 Å². The fourth-order valence-electron chi connectivity index (χ4n) is 2.23. The minimum Gasteiger partial charge on any atom is -0.493 e. The van der Waals surface area contributed by atoms with E-state index in [1.807, 2.05) is 0 Å². The molecular weight excluding hydrogens is 276 g/mol. The van der Waals surface area contributed by atoms with Gasteiger partial charge in [-0.15, -0.1) is 0 Å². The zero-order valence-corrected chi connectivity index (χ0v) is 12.4. The molecule has 0 radical (unpaired) electrons. The number of ether oxygens (including phenoxy) is 3. The van der Waals surface area contributed by atoms with Gasteiger partial charge < -0.3 is 24.4 Å². The number of hydrogen-bond donors (Lipinski definition) is 1. The number of amides is 2. The van der Waals surface area contributed by atoms with Crippen molar-refractivity contribution in [2.24, 2.45) is 0 Å². The summed E-state index contributed by atoms with van der Waals surface area (Å²) in [5.41, 5.74) is 0.635. The van der Waals surface area contributed by atoms with Gasteiger partial charge in [0.1, 0.15) is 6.04 Å². The minimum absolute atomic E-state index is 0.167. The predicted molar refractivity (Wildman–Crippen MR) is 76.1 cm³/mol. The molecule has 1 unspecified atom stereocenters. The van der Waals surface area contributed by atoms with E-state index in [2.05, 4.69) is 5.32 Å². The Morgan fingerprint density at radius 2 is 1.76 bits per heavy atom. The average Bonchev–Trinajstić information content (AvgIpc) is 2.48. The van der Waals surface area contributed by atoms with Gasteiger partial charge in [0, 0.05) is 19.1 Å². The Bertz CT molecular complexity index is 547. The highest BCUT2D eigenvalue weighted by Crippen LogP contribution is 2.41. The number of carbonyl (C=O) groups excluding carboxylic acids is 2. The molecule has 0 spiro atoms. The van der Waals surface area contributed by atoms with Crippen molar-refractivity contribution in [3.63, 3.8) is 0 Å². The molecule has 21 heavy (non-hydrogen) atoms. The van der Waals surface area contributed by atoms with Crippen molar-refractivity contribution in [3.05, 3.63) is 12.1 Å². The fraction of sp³-hybridized carbons (Fsp3) is 0.429. The first-order valence-electron chi connectivity index (χ1n) is 6.40. The van der Waals surface area contributed by atoms with Gasteiger partial charge in [0.2, 0.25) is 11.7 Å². The highest BCUT2D eigenvalue weighted by Gasteiger charge is 2.38. The van der Waals surface area contributed by atoms with Gasteiger partial charge in [-0.25, -0.2) is 0 Å². The zero-order valence-electron chi connectivity index (χ0n) is 12.4. The molecule has 0 saturated carbocycles. The number of nitrogens with zero attached hydrogens (tertiary/aromatic N) is 1. The van der Waals surface area contributed by atoms with E-state index in [4.69, 9.17) is 14.2 Å². The Kier molecular flexibility index (Phi) is 4.21. The third-order valence-electron chi connectivity index (χ3n) is 3.27. The molecule has 1 aliphatic heterocycles. The van der Waals surface area contributed by atoms with Gasteiger partial charge in [-0.3, -0.25) is 9.59 Å². The maximum absolute atomic E-state index is 12.0. The van der Waals surface area contributed by atoms with Crippen LogP contribution in [0.25, 0.3) is 0 Å². The van der Waals surface area contributed by atoms with Crippen LogP contribution in [-0.4, -0.2) is 45.7 Å². The van der Waals surface area contributed by atoms with Crippen molar-refractivity contribution in [3.8, 4) is 17.2 Å². The molecule has 1 aromatic carbocycles. The second kappa shape index (κ2) is 5.90. The topological polar surface area (TPSA) is 77.1 Å². The molecule has 0 bridgehead atoms. The molecule has 1 N–H and O–H groups in total. The predicted octanol–water partition coefficient (Wildman–Crippen LogP) is 0.564. The van der Waals surface area contributed by atoms with Crippen LogP contribution in [0, 0.1) is 0 Å². The number of hydrogen-bond acceptors (Lipinski definition) is 5. The van der Waals surface area contributed by atoms with E-state index in [1.165, 1.54) is 28.3 Å². The second-order valence-corrected chi connectivity index (χ2v) is 4.59. The molecule has 1 aliphatic rings. The van der Waals surface area contributed by atoms with E-state index < -0.39 is 6.04 Å². The molecule has 114 valence electrons. The summed E-state index contributed by atoms with van der Waals surface area (Å²) in [7, 11) is 4.54. The number of rotatable bonds is 5. The number of carbonyl (C=O) groups is 2. The highest BCUT2D eigenvalue weighted by molar-refractivity contribution is 6.06. The Balaban J connectivity index is 2.26. The molecule has 1 atom stereocenters. The number of anilines is 1. The van der Waals surface area contributed by atoms with Crippen molar-refractivity contribution < 1.29 is 23.8 Å². The first-order valence-corrected chi connectivity index (χ1v) is 6.40. The molecule has 1 saturated heterocycles. The van der Waals surface area contributed by atoms with E-state index in [1.54, 1.807) is 17.0 Å². The largest absolute Gasteiger partial charge is 0.493 e. The third-order valence-corrected chi connectivity index (χ3v) is 3.27. The lowest BCUT2D eigenvalue weighted by molar-refractivity contribution is -0.129. The molecule has 2 rings (SSSR count). The lowest BCUT2D eigenvalue weighted by Gasteiger charge is -2.38. The maximum Gasteiger partial charge on any atom is 0.251 e. The Hall–Kier alpha value is -2.44. The number of nitrogens with one attached hydrogen (secondary N) is 1. The summed E-state index contributed by atoms with van der Waals surface area (Å²) in [6.45, 7) is 1.80. The van der Waals surface area contributed by atoms with E-state index in [0.717, 1.165) is 0 Å². The number of methoxy groups -OCH3 is 3. The Morgan fingerprint density at radius 1 is 1.19 bits per heavy atom. The fourth-order valence-corrected chi connectivity index (χ4v) is 2.23. The van der Waals surface area contributed by atoms with Crippen LogP contribution in [0.2, 0.25) is 0 Å². The van der Waals surface area contributed by atoms with Crippen LogP contribution in [0.15, 0.2) is 12.1 Å². The van der Waals surface area contributed by atoms with Gasteiger partial charge in [-0.2, -0.15) is 0 Å². The van der Waals surface area contributed by atoms with Gasteiger partial charge in [0.15, 0.2) is 11.5 Å². The molecule has 2 amide bonds.